The summed E-state index contributed by atoms with van der Waals surface area (Å²) in [6.07, 6.45) is 3.39. The number of esters is 1. The number of carbonyl (C=O) groups excluding carboxylic acids is 2. The lowest BCUT2D eigenvalue weighted by Gasteiger charge is -2.31. The summed E-state index contributed by atoms with van der Waals surface area (Å²) < 4.78 is 19.5. The Morgan fingerprint density at radius 2 is 1.69 bits per heavy atom. The molecule has 0 saturated heterocycles. The number of nitrogens with zero attached hydrogens (tertiary/aromatic N) is 1. The van der Waals surface area contributed by atoms with Gasteiger partial charge in [0.2, 0.25) is 0 Å². The number of aromatic nitrogens is 1. The summed E-state index contributed by atoms with van der Waals surface area (Å²) in [5.41, 5.74) is 2.45. The number of carbonyl (C=O) groups is 2. The molecule has 6 nitrogen and oxygen atoms in total. The Kier molecular flexibility index (Phi) is 7.05. The van der Waals surface area contributed by atoms with Gasteiger partial charge in [0.15, 0.2) is 0 Å². The molecule has 3 aromatic rings. The van der Waals surface area contributed by atoms with Crippen molar-refractivity contribution in [2.24, 2.45) is 0 Å². The molecule has 1 amide bonds. The third kappa shape index (κ3) is 5.78. The minimum atomic E-state index is -1.54. The van der Waals surface area contributed by atoms with Crippen LogP contribution in [0.5, 0.6) is 0 Å². The number of fused-ring (bicyclic) bond motifs is 1. The van der Waals surface area contributed by atoms with Crippen LogP contribution in [0.4, 0.5) is 10.1 Å². The molecule has 0 bridgehead atoms. The van der Waals surface area contributed by atoms with E-state index in [1.54, 1.807) is 24.3 Å². The Morgan fingerprint density at radius 3 is 2.37 bits per heavy atom. The van der Waals surface area contributed by atoms with E-state index < -0.39 is 11.6 Å². The number of hydrogen-bond donors (Lipinski definition) is 2. The number of anilines is 1. The largest absolute Gasteiger partial charge is 0.465 e. The predicted octanol–water partition coefficient (Wildman–Crippen LogP) is 5.69. The smallest absolute Gasteiger partial charge is 0.337 e. The maximum atomic E-state index is 14.7. The average molecular weight is 478 g/mol. The molecular weight excluding hydrogens is 445 g/mol. The Balaban J connectivity index is 1.42. The topological polar surface area (TPSA) is 80.3 Å². The molecule has 1 saturated carbocycles. The summed E-state index contributed by atoms with van der Waals surface area (Å²) >= 11 is 0. The van der Waals surface area contributed by atoms with Crippen molar-refractivity contribution >= 4 is 28.5 Å². The van der Waals surface area contributed by atoms with Crippen LogP contribution in [0.25, 0.3) is 10.9 Å². The van der Waals surface area contributed by atoms with Crippen LogP contribution in [-0.4, -0.2) is 36.1 Å². The summed E-state index contributed by atoms with van der Waals surface area (Å²) in [7, 11) is 1.32. The highest BCUT2D eigenvalue weighted by Gasteiger charge is 2.26. The molecular formula is C28H32FN3O3. The van der Waals surface area contributed by atoms with E-state index in [-0.39, 0.29) is 18.0 Å². The number of halogens is 1. The van der Waals surface area contributed by atoms with Crippen molar-refractivity contribution in [1.82, 2.24) is 10.3 Å². The number of ether oxygens (including phenoxy) is 1. The fraction of sp³-hybridized carbons (Fsp3) is 0.393. The Morgan fingerprint density at radius 1 is 1.00 bits per heavy atom. The maximum Gasteiger partial charge on any atom is 0.337 e. The highest BCUT2D eigenvalue weighted by molar-refractivity contribution is 5.98. The fourth-order valence-corrected chi connectivity index (χ4v) is 4.54. The first kappa shape index (κ1) is 24.6. The van der Waals surface area contributed by atoms with E-state index in [1.165, 1.54) is 21.0 Å². The highest BCUT2D eigenvalue weighted by atomic mass is 19.1. The second kappa shape index (κ2) is 10.0. The minimum absolute atomic E-state index is 0.0547. The number of amides is 1. The first-order chi connectivity index (χ1) is 16.6. The van der Waals surface area contributed by atoms with Crippen LogP contribution in [0.3, 0.4) is 0 Å². The third-order valence-corrected chi connectivity index (χ3v) is 6.54. The van der Waals surface area contributed by atoms with Crippen LogP contribution >= 0.6 is 0 Å². The lowest BCUT2D eigenvalue weighted by Crippen LogP contribution is -2.40. The lowest BCUT2D eigenvalue weighted by molar-refractivity contribution is 0.0600. The average Bonchev–Trinajstić information content (AvgIpc) is 2.84. The van der Waals surface area contributed by atoms with Gasteiger partial charge in [0, 0.05) is 28.7 Å². The zero-order valence-electron chi connectivity index (χ0n) is 20.7. The molecule has 1 aliphatic rings. The molecule has 2 N–H and O–H groups in total. The Bertz CT molecular complexity index is 1240. The number of aryl methyl sites for hydroxylation is 1. The predicted molar refractivity (Wildman–Crippen MR) is 136 cm³/mol. The molecule has 0 spiro atoms. The highest BCUT2D eigenvalue weighted by Crippen LogP contribution is 2.33. The van der Waals surface area contributed by atoms with Crippen molar-refractivity contribution in [3.05, 3.63) is 70.9 Å². The number of hydrogen-bond acceptors (Lipinski definition) is 5. The quantitative estimate of drug-likeness (QED) is 0.446. The molecule has 4 rings (SSSR count). The Labute approximate surface area is 205 Å². The molecule has 0 aliphatic heterocycles. The van der Waals surface area contributed by atoms with Crippen LogP contribution in [0.2, 0.25) is 0 Å². The van der Waals surface area contributed by atoms with E-state index in [1.807, 2.05) is 25.1 Å². The molecule has 1 aliphatic carbocycles. The van der Waals surface area contributed by atoms with Gasteiger partial charge in [-0.1, -0.05) is 17.7 Å². The summed E-state index contributed by atoms with van der Waals surface area (Å²) in [6, 6.07) is 14.6. The molecule has 0 atom stereocenters. The Hall–Kier alpha value is -3.48. The van der Waals surface area contributed by atoms with Gasteiger partial charge in [0.25, 0.3) is 5.91 Å². The monoisotopic (exact) mass is 477 g/mol. The SMILES string of the molecule is COC(=O)c1cccc(C(=O)NC2CCC(Nc3cc(C(C)(C)F)nc4ccc(C)cc34)CC2)c1. The molecule has 1 fully saturated rings. The van der Waals surface area contributed by atoms with Gasteiger partial charge in [-0.15, -0.1) is 0 Å². The zero-order valence-corrected chi connectivity index (χ0v) is 20.7. The van der Waals surface area contributed by atoms with Crippen molar-refractivity contribution in [3.8, 4) is 0 Å². The van der Waals surface area contributed by atoms with E-state index in [0.717, 1.165) is 47.8 Å². The molecule has 2 aromatic carbocycles. The maximum absolute atomic E-state index is 14.7. The van der Waals surface area contributed by atoms with E-state index in [9.17, 15) is 14.0 Å². The summed E-state index contributed by atoms with van der Waals surface area (Å²) in [5, 5.41) is 7.70. The van der Waals surface area contributed by atoms with Gasteiger partial charge in [0.1, 0.15) is 5.67 Å². The van der Waals surface area contributed by atoms with Gasteiger partial charge in [-0.25, -0.2) is 14.2 Å². The van der Waals surface area contributed by atoms with Crippen LogP contribution in [-0.2, 0) is 10.4 Å². The van der Waals surface area contributed by atoms with Crippen molar-refractivity contribution < 1.29 is 18.7 Å². The molecule has 7 heteroatoms. The van der Waals surface area contributed by atoms with Gasteiger partial charge in [0.05, 0.1) is 23.9 Å². The molecule has 1 heterocycles. The third-order valence-electron chi connectivity index (χ3n) is 6.54. The standard InChI is InChI=1S/C28H32FN3O3/c1-17-8-13-23-22(14-17)24(16-25(32-23)28(2,3)29)30-20-9-11-21(12-10-20)31-26(33)18-6-5-7-19(15-18)27(34)35-4/h5-8,13-16,20-21H,9-12H2,1-4H3,(H,30,32)(H,31,33). The van der Waals surface area contributed by atoms with Crippen LogP contribution in [0.15, 0.2) is 48.5 Å². The molecule has 1 aromatic heterocycles. The van der Waals surface area contributed by atoms with Crippen LogP contribution < -0.4 is 10.6 Å². The summed E-state index contributed by atoms with van der Waals surface area (Å²) in [5.74, 6) is -0.665. The molecule has 0 unspecified atom stereocenters. The number of benzene rings is 2. The van der Waals surface area contributed by atoms with Gasteiger partial charge < -0.3 is 15.4 Å². The summed E-state index contributed by atoms with van der Waals surface area (Å²) in [6.45, 7) is 5.08. The lowest BCUT2D eigenvalue weighted by atomic mass is 9.90. The number of alkyl halides is 1. The number of methoxy groups -OCH3 is 1. The molecule has 184 valence electrons. The minimum Gasteiger partial charge on any atom is -0.465 e. The second-order valence-corrected chi connectivity index (χ2v) is 9.79. The van der Waals surface area contributed by atoms with Gasteiger partial charge >= 0.3 is 5.97 Å². The second-order valence-electron chi connectivity index (χ2n) is 9.79. The number of rotatable bonds is 6. The zero-order chi connectivity index (χ0) is 25.2. The first-order valence-electron chi connectivity index (χ1n) is 12.0. The summed E-state index contributed by atoms with van der Waals surface area (Å²) in [4.78, 5) is 29.0. The van der Waals surface area contributed by atoms with Gasteiger partial charge in [-0.05, 0) is 82.9 Å². The van der Waals surface area contributed by atoms with Gasteiger partial charge in [-0.3, -0.25) is 4.79 Å². The van der Waals surface area contributed by atoms with Crippen LogP contribution in [0, 0.1) is 6.92 Å². The number of pyridine rings is 1. The van der Waals surface area contributed by atoms with E-state index in [4.69, 9.17) is 4.74 Å². The van der Waals surface area contributed by atoms with E-state index in [2.05, 4.69) is 21.7 Å². The molecule has 35 heavy (non-hydrogen) atoms. The fourth-order valence-electron chi connectivity index (χ4n) is 4.54. The number of nitrogens with one attached hydrogen (secondary N) is 2. The van der Waals surface area contributed by atoms with E-state index in [0.29, 0.717) is 16.8 Å². The molecule has 0 radical (unpaired) electrons. The van der Waals surface area contributed by atoms with Gasteiger partial charge in [-0.2, -0.15) is 0 Å². The normalized spacial score (nSPS) is 18.2. The van der Waals surface area contributed by atoms with Crippen molar-refractivity contribution in [1.29, 1.82) is 0 Å². The van der Waals surface area contributed by atoms with Crippen molar-refractivity contribution in [2.75, 3.05) is 12.4 Å². The van der Waals surface area contributed by atoms with Crippen LogP contribution in [0.1, 0.15) is 71.5 Å². The van der Waals surface area contributed by atoms with E-state index >= 15 is 0 Å². The van der Waals surface area contributed by atoms with Crippen molar-refractivity contribution in [3.63, 3.8) is 0 Å². The first-order valence-corrected chi connectivity index (χ1v) is 12.0. The van der Waals surface area contributed by atoms with Crippen molar-refractivity contribution in [2.45, 2.75) is 64.2 Å².